The standard InChI is InChI=1S/C19H24N6O2/c1-5-25-18(21-12-22-25)13(2)23-19(26)24(3)11-14-8-9-16(27-4)17-15(14)7-6-10-20-17/h6-10,12-13H,5,11H2,1-4H3,(H,23,26)/t13-/m0/s1. The molecule has 27 heavy (non-hydrogen) atoms. The van der Waals surface area contributed by atoms with Crippen molar-refractivity contribution in [2.75, 3.05) is 14.2 Å². The van der Waals surface area contributed by atoms with Crippen molar-refractivity contribution in [3.63, 3.8) is 0 Å². The number of fused-ring (bicyclic) bond motifs is 1. The summed E-state index contributed by atoms with van der Waals surface area (Å²) in [6, 6.07) is 7.29. The Morgan fingerprint density at radius 3 is 2.89 bits per heavy atom. The fourth-order valence-corrected chi connectivity index (χ4v) is 3.05. The van der Waals surface area contributed by atoms with Gasteiger partial charge in [0, 0.05) is 31.7 Å². The number of rotatable bonds is 6. The summed E-state index contributed by atoms with van der Waals surface area (Å²) in [5.41, 5.74) is 1.79. The van der Waals surface area contributed by atoms with Crippen LogP contribution in [0, 0.1) is 0 Å². The average Bonchev–Trinajstić information content (AvgIpc) is 3.17. The summed E-state index contributed by atoms with van der Waals surface area (Å²) in [7, 11) is 3.39. The van der Waals surface area contributed by atoms with E-state index < -0.39 is 0 Å². The van der Waals surface area contributed by atoms with Gasteiger partial charge in [-0.25, -0.2) is 14.5 Å². The normalized spacial score (nSPS) is 12.0. The molecule has 2 heterocycles. The molecule has 0 aliphatic rings. The lowest BCUT2D eigenvalue weighted by Gasteiger charge is -2.22. The molecule has 3 rings (SSSR count). The summed E-state index contributed by atoms with van der Waals surface area (Å²) in [4.78, 5) is 22.9. The van der Waals surface area contributed by atoms with Crippen LogP contribution in [-0.2, 0) is 13.1 Å². The minimum absolute atomic E-state index is 0.180. The zero-order valence-corrected chi connectivity index (χ0v) is 16.0. The van der Waals surface area contributed by atoms with E-state index in [1.54, 1.807) is 29.9 Å². The summed E-state index contributed by atoms with van der Waals surface area (Å²) in [6.45, 7) is 5.04. The number of methoxy groups -OCH3 is 1. The lowest BCUT2D eigenvalue weighted by atomic mass is 10.1. The number of nitrogens with one attached hydrogen (secondary N) is 1. The maximum absolute atomic E-state index is 12.6. The fourth-order valence-electron chi connectivity index (χ4n) is 3.05. The number of benzene rings is 1. The first-order valence-electron chi connectivity index (χ1n) is 8.85. The van der Waals surface area contributed by atoms with E-state index in [0.717, 1.165) is 22.3 Å². The maximum Gasteiger partial charge on any atom is 0.318 e. The third kappa shape index (κ3) is 3.84. The Morgan fingerprint density at radius 2 is 2.15 bits per heavy atom. The van der Waals surface area contributed by atoms with Crippen LogP contribution in [0.2, 0.25) is 0 Å². The minimum Gasteiger partial charge on any atom is -0.494 e. The largest absolute Gasteiger partial charge is 0.494 e. The molecule has 0 unspecified atom stereocenters. The molecular weight excluding hydrogens is 344 g/mol. The average molecular weight is 368 g/mol. The van der Waals surface area contributed by atoms with Gasteiger partial charge < -0.3 is 15.0 Å². The highest BCUT2D eigenvalue weighted by Gasteiger charge is 2.18. The molecule has 1 atom stereocenters. The lowest BCUT2D eigenvalue weighted by Crippen LogP contribution is -2.39. The number of aromatic nitrogens is 4. The number of carbonyl (C=O) groups excluding carboxylic acids is 1. The maximum atomic E-state index is 12.6. The molecule has 0 fully saturated rings. The van der Waals surface area contributed by atoms with Gasteiger partial charge in [-0.1, -0.05) is 12.1 Å². The number of urea groups is 1. The highest BCUT2D eigenvalue weighted by Crippen LogP contribution is 2.27. The van der Waals surface area contributed by atoms with Crippen LogP contribution in [0.4, 0.5) is 4.79 Å². The third-order valence-corrected chi connectivity index (χ3v) is 4.47. The predicted molar refractivity (Wildman–Crippen MR) is 102 cm³/mol. The second-order valence-electron chi connectivity index (χ2n) is 6.29. The van der Waals surface area contributed by atoms with E-state index in [2.05, 4.69) is 20.4 Å². The molecule has 0 aliphatic heterocycles. The first-order valence-corrected chi connectivity index (χ1v) is 8.85. The van der Waals surface area contributed by atoms with Gasteiger partial charge in [0.1, 0.15) is 23.4 Å². The van der Waals surface area contributed by atoms with Crippen molar-refractivity contribution in [2.45, 2.75) is 33.0 Å². The van der Waals surface area contributed by atoms with Crippen LogP contribution >= 0.6 is 0 Å². The van der Waals surface area contributed by atoms with Crippen LogP contribution in [-0.4, -0.2) is 44.8 Å². The molecule has 1 aromatic carbocycles. The molecule has 142 valence electrons. The summed E-state index contributed by atoms with van der Waals surface area (Å²) in [5, 5.41) is 8.09. The Kier molecular flexibility index (Phi) is 5.54. The molecule has 8 heteroatoms. The second kappa shape index (κ2) is 8.03. The smallest absolute Gasteiger partial charge is 0.318 e. The first kappa shape index (κ1) is 18.6. The number of amides is 2. The van der Waals surface area contributed by atoms with Crippen molar-refractivity contribution >= 4 is 16.9 Å². The van der Waals surface area contributed by atoms with E-state index in [1.807, 2.05) is 38.1 Å². The molecule has 0 saturated carbocycles. The predicted octanol–water partition coefficient (Wildman–Crippen LogP) is 2.76. The van der Waals surface area contributed by atoms with E-state index in [0.29, 0.717) is 18.8 Å². The Labute approximate surface area is 158 Å². The van der Waals surface area contributed by atoms with Gasteiger partial charge in [0.25, 0.3) is 0 Å². The summed E-state index contributed by atoms with van der Waals surface area (Å²) in [6.07, 6.45) is 3.23. The molecule has 0 radical (unpaired) electrons. The topological polar surface area (TPSA) is 85.2 Å². The number of hydrogen-bond donors (Lipinski definition) is 1. The second-order valence-corrected chi connectivity index (χ2v) is 6.29. The fraction of sp³-hybridized carbons (Fsp3) is 0.368. The molecule has 3 aromatic rings. The molecule has 2 amide bonds. The Balaban J connectivity index is 1.74. The van der Waals surface area contributed by atoms with E-state index in [-0.39, 0.29) is 12.1 Å². The zero-order valence-electron chi connectivity index (χ0n) is 16.0. The molecule has 0 aliphatic carbocycles. The van der Waals surface area contributed by atoms with E-state index >= 15 is 0 Å². The monoisotopic (exact) mass is 368 g/mol. The van der Waals surface area contributed by atoms with E-state index in [1.165, 1.54) is 6.33 Å². The highest BCUT2D eigenvalue weighted by molar-refractivity contribution is 5.87. The Morgan fingerprint density at radius 1 is 1.33 bits per heavy atom. The van der Waals surface area contributed by atoms with Crippen LogP contribution in [0.5, 0.6) is 5.75 Å². The lowest BCUT2D eigenvalue weighted by molar-refractivity contribution is 0.203. The van der Waals surface area contributed by atoms with E-state index in [4.69, 9.17) is 4.74 Å². The molecular formula is C19H24N6O2. The van der Waals surface area contributed by atoms with Crippen LogP contribution in [0.3, 0.4) is 0 Å². The molecule has 0 saturated heterocycles. The molecule has 8 nitrogen and oxygen atoms in total. The Bertz CT molecular complexity index is 939. The molecule has 0 bridgehead atoms. The van der Waals surface area contributed by atoms with Crippen molar-refractivity contribution in [1.29, 1.82) is 0 Å². The number of carbonyl (C=O) groups is 1. The SMILES string of the molecule is CCn1ncnc1[C@H](C)NC(=O)N(C)Cc1ccc(OC)c2ncccc12. The number of pyridine rings is 1. The Hall–Kier alpha value is -3.16. The summed E-state index contributed by atoms with van der Waals surface area (Å²) >= 11 is 0. The third-order valence-electron chi connectivity index (χ3n) is 4.47. The van der Waals surface area contributed by atoms with Crippen molar-refractivity contribution in [1.82, 2.24) is 30.0 Å². The van der Waals surface area contributed by atoms with Gasteiger partial charge in [0.05, 0.1) is 13.2 Å². The van der Waals surface area contributed by atoms with Gasteiger partial charge in [-0.3, -0.25) is 4.98 Å². The van der Waals surface area contributed by atoms with Crippen LogP contribution in [0.25, 0.3) is 10.9 Å². The van der Waals surface area contributed by atoms with Gasteiger partial charge in [0.2, 0.25) is 0 Å². The molecule has 0 spiro atoms. The summed E-state index contributed by atoms with van der Waals surface area (Å²) in [5.74, 6) is 1.45. The number of hydrogen-bond acceptors (Lipinski definition) is 5. The van der Waals surface area contributed by atoms with Crippen molar-refractivity contribution < 1.29 is 9.53 Å². The molecule has 2 aromatic heterocycles. The number of aryl methyl sites for hydroxylation is 1. The minimum atomic E-state index is -0.239. The van der Waals surface area contributed by atoms with Gasteiger partial charge in [0.15, 0.2) is 0 Å². The number of nitrogens with zero attached hydrogens (tertiary/aromatic N) is 5. The van der Waals surface area contributed by atoms with Crippen molar-refractivity contribution in [2.24, 2.45) is 0 Å². The van der Waals surface area contributed by atoms with Crippen LogP contribution < -0.4 is 10.1 Å². The van der Waals surface area contributed by atoms with Crippen LogP contribution in [0.1, 0.15) is 31.3 Å². The summed E-state index contributed by atoms with van der Waals surface area (Å²) < 4.78 is 7.15. The van der Waals surface area contributed by atoms with Gasteiger partial charge in [-0.05, 0) is 31.5 Å². The van der Waals surface area contributed by atoms with Crippen LogP contribution in [0.15, 0.2) is 36.8 Å². The van der Waals surface area contributed by atoms with Gasteiger partial charge in [-0.2, -0.15) is 5.10 Å². The number of ether oxygens (including phenoxy) is 1. The van der Waals surface area contributed by atoms with Crippen molar-refractivity contribution in [3.8, 4) is 5.75 Å². The molecule has 1 N–H and O–H groups in total. The van der Waals surface area contributed by atoms with Gasteiger partial charge in [-0.15, -0.1) is 0 Å². The van der Waals surface area contributed by atoms with Crippen molar-refractivity contribution in [3.05, 3.63) is 48.2 Å². The zero-order chi connectivity index (χ0) is 19.4. The van der Waals surface area contributed by atoms with E-state index in [9.17, 15) is 4.79 Å². The first-order chi connectivity index (χ1) is 13.0. The quantitative estimate of drug-likeness (QED) is 0.723. The van der Waals surface area contributed by atoms with Gasteiger partial charge >= 0.3 is 6.03 Å². The highest BCUT2D eigenvalue weighted by atomic mass is 16.5.